The second kappa shape index (κ2) is 10.5. The Morgan fingerprint density at radius 1 is 1.09 bits per heavy atom. The van der Waals surface area contributed by atoms with E-state index in [1.165, 1.54) is 0 Å². The van der Waals surface area contributed by atoms with Gasteiger partial charge in [-0.2, -0.15) is 0 Å². The molecule has 0 amide bonds. The average molecular weight is 444 g/mol. The van der Waals surface area contributed by atoms with E-state index in [1.807, 2.05) is 18.2 Å². The molecule has 0 fully saturated rings. The molecule has 2 nitrogen and oxygen atoms in total. The molecule has 0 bridgehead atoms. The molecular formula is C29H30ClNO. The molecule has 1 atom stereocenters. The molecule has 0 saturated heterocycles. The summed E-state index contributed by atoms with van der Waals surface area (Å²) in [6.45, 7) is 11.2. The van der Waals surface area contributed by atoms with Crippen molar-refractivity contribution in [3.05, 3.63) is 119 Å². The van der Waals surface area contributed by atoms with Crippen LogP contribution in [0.4, 0.5) is 5.69 Å². The molecule has 164 valence electrons. The molecule has 1 aliphatic heterocycles. The number of benzene rings is 2. The monoisotopic (exact) mass is 443 g/mol. The van der Waals surface area contributed by atoms with Gasteiger partial charge in [0.05, 0.1) is 11.6 Å². The third-order valence-corrected chi connectivity index (χ3v) is 5.57. The topological polar surface area (TPSA) is 32.3 Å². The first-order chi connectivity index (χ1) is 15.3. The summed E-state index contributed by atoms with van der Waals surface area (Å²) in [5.41, 5.74) is 5.24. The van der Waals surface area contributed by atoms with Crippen LogP contribution in [0.5, 0.6) is 0 Å². The number of hydrogen-bond donors (Lipinski definition) is 2. The van der Waals surface area contributed by atoms with Gasteiger partial charge in [-0.25, -0.2) is 0 Å². The van der Waals surface area contributed by atoms with Crippen molar-refractivity contribution in [2.45, 2.75) is 31.9 Å². The van der Waals surface area contributed by atoms with Crippen molar-refractivity contribution in [2.75, 3.05) is 5.32 Å². The smallest absolute Gasteiger partial charge is 0.0843 e. The lowest BCUT2D eigenvalue weighted by atomic mass is 9.91. The van der Waals surface area contributed by atoms with Gasteiger partial charge in [0.15, 0.2) is 0 Å². The van der Waals surface area contributed by atoms with Crippen LogP contribution >= 0.6 is 11.6 Å². The van der Waals surface area contributed by atoms with Crippen LogP contribution in [-0.4, -0.2) is 16.7 Å². The van der Waals surface area contributed by atoms with E-state index in [1.54, 1.807) is 26.0 Å². The summed E-state index contributed by atoms with van der Waals surface area (Å²) < 4.78 is 0. The van der Waals surface area contributed by atoms with Gasteiger partial charge in [0.2, 0.25) is 0 Å². The molecule has 2 aromatic carbocycles. The maximum absolute atomic E-state index is 10.3. The molecule has 3 heteroatoms. The average Bonchev–Trinajstić information content (AvgIpc) is 2.76. The van der Waals surface area contributed by atoms with Crippen LogP contribution in [0, 0.1) is 0 Å². The van der Waals surface area contributed by atoms with Crippen molar-refractivity contribution >= 4 is 35.5 Å². The maximum Gasteiger partial charge on any atom is 0.0843 e. The van der Waals surface area contributed by atoms with E-state index in [9.17, 15) is 5.11 Å². The largest absolute Gasteiger partial charge is 0.386 e. The molecule has 0 aliphatic carbocycles. The molecular weight excluding hydrogens is 414 g/mol. The number of aliphatic hydroxyl groups is 1. The predicted molar refractivity (Wildman–Crippen MR) is 141 cm³/mol. The minimum atomic E-state index is -0.947. The molecule has 32 heavy (non-hydrogen) atoms. The van der Waals surface area contributed by atoms with E-state index in [0.717, 1.165) is 38.5 Å². The van der Waals surface area contributed by atoms with Crippen molar-refractivity contribution in [3.8, 4) is 0 Å². The summed E-state index contributed by atoms with van der Waals surface area (Å²) in [4.78, 5) is 0. The summed E-state index contributed by atoms with van der Waals surface area (Å²) in [5.74, 6) is 0. The zero-order valence-electron chi connectivity index (χ0n) is 18.7. The fourth-order valence-electron chi connectivity index (χ4n) is 3.73. The Morgan fingerprint density at radius 3 is 2.53 bits per heavy atom. The first kappa shape index (κ1) is 23.6. The predicted octanol–water partition coefficient (Wildman–Crippen LogP) is 7.70. The van der Waals surface area contributed by atoms with Crippen molar-refractivity contribution in [2.24, 2.45) is 0 Å². The molecule has 0 spiro atoms. The molecule has 0 aromatic heterocycles. The third-order valence-electron chi connectivity index (χ3n) is 5.33. The second-order valence-corrected chi connectivity index (χ2v) is 8.74. The summed E-state index contributed by atoms with van der Waals surface area (Å²) in [6, 6.07) is 14.3. The van der Waals surface area contributed by atoms with Crippen LogP contribution in [0.15, 0.2) is 97.1 Å². The summed E-state index contributed by atoms with van der Waals surface area (Å²) >= 11 is 6.12. The standard InChI is InChI=1S/C29H30ClNO/c1-5-23(27(6-2)29(3,4)32)12-8-11-21-9-7-10-22(19-21)13-17-26-18-15-24-14-16-25(30)20-28(24)31-26/h5-11,13-20,26,31-32H,1-2,12H2,3-4H3/b11-8+,17-13+,27-23-. The van der Waals surface area contributed by atoms with Crippen molar-refractivity contribution in [3.63, 3.8) is 0 Å². The Morgan fingerprint density at radius 2 is 1.84 bits per heavy atom. The van der Waals surface area contributed by atoms with E-state index < -0.39 is 5.60 Å². The highest BCUT2D eigenvalue weighted by Gasteiger charge is 2.19. The highest BCUT2D eigenvalue weighted by atomic mass is 35.5. The van der Waals surface area contributed by atoms with Gasteiger partial charge in [-0.05, 0) is 66.3 Å². The first-order valence-corrected chi connectivity index (χ1v) is 11.1. The van der Waals surface area contributed by atoms with Gasteiger partial charge in [0.1, 0.15) is 0 Å². The lowest BCUT2D eigenvalue weighted by Gasteiger charge is -2.21. The number of hydrogen-bond acceptors (Lipinski definition) is 2. The van der Waals surface area contributed by atoms with Gasteiger partial charge in [-0.1, -0.05) is 97.6 Å². The van der Waals surface area contributed by atoms with Crippen LogP contribution in [0.2, 0.25) is 5.02 Å². The molecule has 3 rings (SSSR count). The first-order valence-electron chi connectivity index (χ1n) is 10.7. The maximum atomic E-state index is 10.3. The Bertz CT molecular complexity index is 1110. The minimum absolute atomic E-state index is 0.111. The van der Waals surface area contributed by atoms with Crippen molar-refractivity contribution in [1.29, 1.82) is 0 Å². The van der Waals surface area contributed by atoms with E-state index in [2.05, 4.69) is 79.2 Å². The van der Waals surface area contributed by atoms with Crippen molar-refractivity contribution < 1.29 is 5.11 Å². The number of allylic oxidation sites excluding steroid dienone is 3. The highest BCUT2D eigenvalue weighted by molar-refractivity contribution is 6.31. The van der Waals surface area contributed by atoms with Crippen molar-refractivity contribution in [1.82, 2.24) is 0 Å². The van der Waals surface area contributed by atoms with E-state index in [4.69, 9.17) is 11.6 Å². The quantitative estimate of drug-likeness (QED) is 0.409. The third kappa shape index (κ3) is 6.23. The SMILES string of the molecule is C=C/C(C/C=C/c1cccc(/C=C/C2C=Cc3ccc(Cl)cc3N2)c1)=C(\C=C)C(C)(C)O. The molecule has 2 N–H and O–H groups in total. The Labute approximate surface area is 196 Å². The van der Waals surface area contributed by atoms with Gasteiger partial charge in [-0.3, -0.25) is 0 Å². The minimum Gasteiger partial charge on any atom is -0.386 e. The zero-order chi connectivity index (χ0) is 23.1. The van der Waals surface area contributed by atoms with E-state index >= 15 is 0 Å². The van der Waals surface area contributed by atoms with Crippen LogP contribution in [0.1, 0.15) is 37.0 Å². The lowest BCUT2D eigenvalue weighted by molar-refractivity contribution is 0.123. The highest BCUT2D eigenvalue weighted by Crippen LogP contribution is 2.27. The molecule has 0 radical (unpaired) electrons. The van der Waals surface area contributed by atoms with Gasteiger partial charge in [0.25, 0.3) is 0 Å². The fraction of sp³-hybridized carbons (Fsp3) is 0.172. The number of halogens is 1. The van der Waals surface area contributed by atoms with E-state index in [-0.39, 0.29) is 6.04 Å². The van der Waals surface area contributed by atoms with E-state index in [0.29, 0.717) is 6.42 Å². The number of anilines is 1. The zero-order valence-corrected chi connectivity index (χ0v) is 19.4. The lowest BCUT2D eigenvalue weighted by Crippen LogP contribution is -2.22. The molecule has 1 unspecified atom stereocenters. The van der Waals surface area contributed by atoms with Crippen LogP contribution in [-0.2, 0) is 0 Å². The van der Waals surface area contributed by atoms with Crippen LogP contribution in [0.25, 0.3) is 18.2 Å². The Balaban J connectivity index is 1.69. The summed E-state index contributed by atoms with van der Waals surface area (Å²) in [5, 5.41) is 14.6. The van der Waals surface area contributed by atoms with Gasteiger partial charge in [-0.15, -0.1) is 0 Å². The molecule has 1 heterocycles. The Hall–Kier alpha value is -3.07. The number of nitrogens with one attached hydrogen (secondary N) is 1. The molecule has 1 aliphatic rings. The number of fused-ring (bicyclic) bond motifs is 1. The van der Waals surface area contributed by atoms with Crippen LogP contribution < -0.4 is 5.32 Å². The van der Waals surface area contributed by atoms with Gasteiger partial charge < -0.3 is 10.4 Å². The fourth-order valence-corrected chi connectivity index (χ4v) is 3.90. The Kier molecular flexibility index (Phi) is 7.74. The summed E-state index contributed by atoms with van der Waals surface area (Å²) in [7, 11) is 0. The van der Waals surface area contributed by atoms with Crippen LogP contribution in [0.3, 0.4) is 0 Å². The molecule has 0 saturated carbocycles. The van der Waals surface area contributed by atoms with Gasteiger partial charge >= 0.3 is 0 Å². The second-order valence-electron chi connectivity index (χ2n) is 8.30. The van der Waals surface area contributed by atoms with Gasteiger partial charge in [0, 0.05) is 10.7 Å². The molecule has 2 aromatic rings. The normalized spacial score (nSPS) is 16.6. The summed E-state index contributed by atoms with van der Waals surface area (Å²) in [6.07, 6.45) is 16.9. The number of rotatable bonds is 8.